The molecule has 1 aliphatic heterocycles. The van der Waals surface area contributed by atoms with Gasteiger partial charge in [0.1, 0.15) is 5.82 Å². The number of piperazine rings is 1. The van der Waals surface area contributed by atoms with Gasteiger partial charge < -0.3 is 5.11 Å². The van der Waals surface area contributed by atoms with Gasteiger partial charge in [0.25, 0.3) is 0 Å². The molecule has 5 rings (SSSR count). The molecule has 0 bridgehead atoms. The molecule has 0 aliphatic carbocycles. The zero-order chi connectivity index (χ0) is 23.3. The number of hydrogen-bond donors (Lipinski definition) is 2. The third-order valence-electron chi connectivity index (χ3n) is 6.63. The van der Waals surface area contributed by atoms with Crippen molar-refractivity contribution >= 4 is 0 Å². The van der Waals surface area contributed by atoms with Crippen molar-refractivity contribution in [2.75, 3.05) is 39.3 Å². The highest BCUT2D eigenvalue weighted by molar-refractivity contribution is 5.71. The van der Waals surface area contributed by atoms with Gasteiger partial charge in [0.05, 0.1) is 18.8 Å². The Hall–Kier alpha value is -3.32. The van der Waals surface area contributed by atoms with Gasteiger partial charge in [-0.1, -0.05) is 60.7 Å². The Kier molecular flexibility index (Phi) is 6.81. The van der Waals surface area contributed by atoms with Gasteiger partial charge in [-0.05, 0) is 34.4 Å². The van der Waals surface area contributed by atoms with Gasteiger partial charge in [-0.2, -0.15) is 5.10 Å². The number of rotatable bonds is 7. The van der Waals surface area contributed by atoms with Crippen LogP contribution in [0.25, 0.3) is 22.3 Å². The molecule has 1 aliphatic rings. The van der Waals surface area contributed by atoms with Crippen molar-refractivity contribution in [3.8, 4) is 22.3 Å². The molecule has 1 atom stereocenters. The van der Waals surface area contributed by atoms with E-state index in [1.165, 1.54) is 0 Å². The fourth-order valence-corrected chi connectivity index (χ4v) is 4.82. The summed E-state index contributed by atoms with van der Waals surface area (Å²) in [5.74, 6) is -0.227. The van der Waals surface area contributed by atoms with Crippen LogP contribution >= 0.6 is 0 Å². The second-order valence-corrected chi connectivity index (χ2v) is 8.72. The quantitative estimate of drug-likeness (QED) is 0.427. The summed E-state index contributed by atoms with van der Waals surface area (Å²) in [6, 6.07) is 23.7. The Balaban J connectivity index is 1.45. The molecule has 3 aromatic carbocycles. The minimum Gasteiger partial charge on any atom is -0.395 e. The van der Waals surface area contributed by atoms with Gasteiger partial charge >= 0.3 is 0 Å². The molecule has 1 aromatic heterocycles. The zero-order valence-corrected chi connectivity index (χ0v) is 19.1. The fraction of sp³-hybridized carbons (Fsp3) is 0.250. The second-order valence-electron chi connectivity index (χ2n) is 8.72. The predicted molar refractivity (Wildman–Crippen MR) is 133 cm³/mol. The number of aliphatic hydroxyl groups is 1. The van der Waals surface area contributed by atoms with Gasteiger partial charge in [-0.15, -0.1) is 0 Å². The van der Waals surface area contributed by atoms with Crippen LogP contribution in [0.1, 0.15) is 17.2 Å². The molecule has 4 aromatic rings. The van der Waals surface area contributed by atoms with Crippen LogP contribution in [0.15, 0.2) is 85.2 Å². The number of aliphatic hydroxyl groups excluding tert-OH is 1. The maximum absolute atomic E-state index is 15.0. The molecule has 1 saturated heterocycles. The van der Waals surface area contributed by atoms with Crippen molar-refractivity contribution in [1.82, 2.24) is 20.0 Å². The molecule has 2 heterocycles. The van der Waals surface area contributed by atoms with E-state index in [1.807, 2.05) is 67.0 Å². The van der Waals surface area contributed by atoms with Crippen molar-refractivity contribution in [3.63, 3.8) is 0 Å². The summed E-state index contributed by atoms with van der Waals surface area (Å²) in [5.41, 5.74) is 5.82. The van der Waals surface area contributed by atoms with E-state index in [1.54, 1.807) is 6.07 Å². The average Bonchev–Trinajstić information content (AvgIpc) is 3.41. The minimum atomic E-state index is -0.227. The number of benzene rings is 3. The Morgan fingerprint density at radius 1 is 0.853 bits per heavy atom. The third kappa shape index (κ3) is 4.80. The maximum Gasteiger partial charge on any atom is 0.131 e. The molecule has 6 heteroatoms. The summed E-state index contributed by atoms with van der Waals surface area (Å²) in [6.45, 7) is 4.40. The van der Waals surface area contributed by atoms with Gasteiger partial charge in [0, 0.05) is 50.0 Å². The lowest BCUT2D eigenvalue weighted by Crippen LogP contribution is -2.48. The lowest BCUT2D eigenvalue weighted by Gasteiger charge is -2.39. The first-order valence-corrected chi connectivity index (χ1v) is 11.7. The zero-order valence-electron chi connectivity index (χ0n) is 19.1. The summed E-state index contributed by atoms with van der Waals surface area (Å²) < 4.78 is 15.0. The first-order valence-electron chi connectivity index (χ1n) is 11.7. The highest BCUT2D eigenvalue weighted by Gasteiger charge is 2.27. The van der Waals surface area contributed by atoms with E-state index in [0.717, 1.165) is 54.0 Å². The number of hydrogen-bond acceptors (Lipinski definition) is 4. The van der Waals surface area contributed by atoms with E-state index in [0.29, 0.717) is 12.1 Å². The van der Waals surface area contributed by atoms with Crippen LogP contribution in [-0.4, -0.2) is 64.4 Å². The molecule has 174 valence electrons. The van der Waals surface area contributed by atoms with Crippen molar-refractivity contribution < 1.29 is 9.50 Å². The Bertz CT molecular complexity index is 1190. The molecule has 34 heavy (non-hydrogen) atoms. The maximum atomic E-state index is 15.0. The normalized spacial score (nSPS) is 15.9. The highest BCUT2D eigenvalue weighted by Crippen LogP contribution is 2.34. The first-order chi connectivity index (χ1) is 16.7. The van der Waals surface area contributed by atoms with E-state index in [-0.39, 0.29) is 18.5 Å². The van der Waals surface area contributed by atoms with E-state index < -0.39 is 0 Å². The van der Waals surface area contributed by atoms with Crippen molar-refractivity contribution in [2.24, 2.45) is 0 Å². The van der Waals surface area contributed by atoms with Gasteiger partial charge in [-0.3, -0.25) is 14.9 Å². The van der Waals surface area contributed by atoms with E-state index in [2.05, 4.69) is 32.1 Å². The third-order valence-corrected chi connectivity index (χ3v) is 6.63. The summed E-state index contributed by atoms with van der Waals surface area (Å²) in [7, 11) is 0. The summed E-state index contributed by atoms with van der Waals surface area (Å²) in [6.07, 6.45) is 3.77. The lowest BCUT2D eigenvalue weighted by atomic mass is 9.94. The van der Waals surface area contributed by atoms with E-state index in [4.69, 9.17) is 0 Å². The summed E-state index contributed by atoms with van der Waals surface area (Å²) in [5, 5.41) is 16.4. The monoisotopic (exact) mass is 456 g/mol. The van der Waals surface area contributed by atoms with Crippen LogP contribution in [0.4, 0.5) is 4.39 Å². The van der Waals surface area contributed by atoms with Crippen LogP contribution in [0, 0.1) is 5.82 Å². The lowest BCUT2D eigenvalue weighted by molar-refractivity contribution is 0.0945. The van der Waals surface area contributed by atoms with E-state index >= 15 is 4.39 Å². The first kappa shape index (κ1) is 22.5. The summed E-state index contributed by atoms with van der Waals surface area (Å²) >= 11 is 0. The van der Waals surface area contributed by atoms with Gasteiger partial charge in [0.2, 0.25) is 0 Å². The number of β-amino-alcohol motifs (C(OH)–C–C–N with tert-alkyl or cyclic N) is 1. The largest absolute Gasteiger partial charge is 0.395 e. The number of aromatic amines is 1. The molecule has 0 amide bonds. The SMILES string of the molecule is OCCN1CCN(C(c2cn[nH]c2)c2ccc(F)c(-c3ccc(-c4ccccc4)cc3)c2)CC1. The predicted octanol–water partition coefficient (Wildman–Crippen LogP) is 4.58. The Morgan fingerprint density at radius 3 is 2.24 bits per heavy atom. The molecule has 2 N–H and O–H groups in total. The van der Waals surface area contributed by atoms with Crippen LogP contribution in [-0.2, 0) is 0 Å². The Labute approximate surface area is 199 Å². The molecule has 0 spiro atoms. The molecule has 0 saturated carbocycles. The summed E-state index contributed by atoms with van der Waals surface area (Å²) in [4.78, 5) is 4.68. The second kappa shape index (κ2) is 10.3. The molecule has 1 unspecified atom stereocenters. The number of H-pyrrole nitrogens is 1. The average molecular weight is 457 g/mol. The molecule has 0 radical (unpaired) electrons. The molecular formula is C28H29FN4O. The number of aromatic nitrogens is 2. The number of nitrogens with zero attached hydrogens (tertiary/aromatic N) is 3. The highest BCUT2D eigenvalue weighted by atomic mass is 19.1. The Morgan fingerprint density at radius 2 is 1.56 bits per heavy atom. The number of nitrogens with one attached hydrogen (secondary N) is 1. The van der Waals surface area contributed by atoms with Crippen molar-refractivity contribution in [3.05, 3.63) is 102 Å². The standard InChI is InChI=1S/C28H29FN4O/c29-27-11-10-24(18-26(27)23-8-6-22(7-9-23)21-4-2-1-3-5-21)28(25-19-30-31-20-25)33-14-12-32(13-15-33)16-17-34/h1-11,18-20,28,34H,12-17H2,(H,30,31). The van der Waals surface area contributed by atoms with Crippen LogP contribution < -0.4 is 0 Å². The van der Waals surface area contributed by atoms with Crippen molar-refractivity contribution in [2.45, 2.75) is 6.04 Å². The van der Waals surface area contributed by atoms with Gasteiger partial charge in [-0.25, -0.2) is 4.39 Å². The van der Waals surface area contributed by atoms with Crippen LogP contribution in [0.5, 0.6) is 0 Å². The van der Waals surface area contributed by atoms with Crippen LogP contribution in [0.3, 0.4) is 0 Å². The topological polar surface area (TPSA) is 55.4 Å². The van der Waals surface area contributed by atoms with Crippen molar-refractivity contribution in [1.29, 1.82) is 0 Å². The minimum absolute atomic E-state index is 0.0158. The molecule has 1 fully saturated rings. The molecular weight excluding hydrogens is 427 g/mol. The van der Waals surface area contributed by atoms with Gasteiger partial charge in [0.15, 0.2) is 0 Å². The fourth-order valence-electron chi connectivity index (χ4n) is 4.82. The smallest absolute Gasteiger partial charge is 0.131 e. The number of halogens is 1. The molecule has 5 nitrogen and oxygen atoms in total. The van der Waals surface area contributed by atoms with Crippen LogP contribution in [0.2, 0.25) is 0 Å². The van der Waals surface area contributed by atoms with E-state index in [9.17, 15) is 5.11 Å².